The summed E-state index contributed by atoms with van der Waals surface area (Å²) in [5, 5.41) is 12.7. The molecule has 1 amide bonds. The van der Waals surface area contributed by atoms with E-state index in [4.69, 9.17) is 25.5 Å². The molecule has 154 valence electrons. The predicted molar refractivity (Wildman–Crippen MR) is 119 cm³/mol. The van der Waals surface area contributed by atoms with Gasteiger partial charge < -0.3 is 19.2 Å². The second-order valence-electron chi connectivity index (χ2n) is 6.05. The first-order chi connectivity index (χ1) is 14.6. The number of hydrogen-bond donors (Lipinski definition) is 1. The second kappa shape index (κ2) is 8.95. The standard InChI is InChI=1S/C20H16ClN3O4S2/c1-26-12-7-11(8-13(9-12)27-2)22-16(25)10-29-20-24-23-19(28-20)18-17(21)14-5-3-4-6-15(14)30-18/h3-9H,10H2,1-2H3,(H,22,25). The van der Waals surface area contributed by atoms with Crippen molar-refractivity contribution in [3.05, 3.63) is 47.5 Å². The van der Waals surface area contributed by atoms with Gasteiger partial charge in [0.25, 0.3) is 11.1 Å². The molecule has 30 heavy (non-hydrogen) atoms. The van der Waals surface area contributed by atoms with Gasteiger partial charge in [-0.3, -0.25) is 4.79 Å². The lowest BCUT2D eigenvalue weighted by atomic mass is 10.2. The number of ether oxygens (including phenoxy) is 2. The first kappa shape index (κ1) is 20.5. The molecule has 2 heterocycles. The van der Waals surface area contributed by atoms with Crippen LogP contribution in [0.3, 0.4) is 0 Å². The van der Waals surface area contributed by atoms with Crippen LogP contribution in [-0.2, 0) is 4.79 Å². The summed E-state index contributed by atoms with van der Waals surface area (Å²) in [6.45, 7) is 0. The first-order valence-corrected chi connectivity index (χ1v) is 10.9. The largest absolute Gasteiger partial charge is 0.497 e. The second-order valence-corrected chi connectivity index (χ2v) is 8.41. The van der Waals surface area contributed by atoms with E-state index in [9.17, 15) is 4.79 Å². The highest BCUT2D eigenvalue weighted by Gasteiger charge is 2.18. The van der Waals surface area contributed by atoms with Gasteiger partial charge in [0, 0.05) is 34.0 Å². The van der Waals surface area contributed by atoms with Gasteiger partial charge in [-0.25, -0.2) is 0 Å². The quantitative estimate of drug-likeness (QED) is 0.371. The van der Waals surface area contributed by atoms with Crippen molar-refractivity contribution >= 4 is 56.4 Å². The number of hydrogen-bond acceptors (Lipinski definition) is 8. The summed E-state index contributed by atoms with van der Waals surface area (Å²) in [7, 11) is 3.10. The van der Waals surface area contributed by atoms with Crippen LogP contribution in [0.4, 0.5) is 5.69 Å². The van der Waals surface area contributed by atoms with Crippen LogP contribution < -0.4 is 14.8 Å². The van der Waals surface area contributed by atoms with E-state index in [0.717, 1.165) is 21.8 Å². The molecule has 0 aliphatic heterocycles. The lowest BCUT2D eigenvalue weighted by Gasteiger charge is -2.09. The number of carbonyl (C=O) groups is 1. The topological polar surface area (TPSA) is 86.5 Å². The molecule has 0 bridgehead atoms. The molecule has 0 spiro atoms. The van der Waals surface area contributed by atoms with Gasteiger partial charge in [-0.05, 0) is 6.07 Å². The molecule has 4 aromatic rings. The van der Waals surface area contributed by atoms with Crippen LogP contribution in [-0.4, -0.2) is 36.1 Å². The van der Waals surface area contributed by atoms with Crippen molar-refractivity contribution in [3.63, 3.8) is 0 Å². The number of aromatic nitrogens is 2. The summed E-state index contributed by atoms with van der Waals surface area (Å²) in [5.74, 6) is 1.37. The first-order valence-electron chi connectivity index (χ1n) is 8.74. The SMILES string of the molecule is COc1cc(NC(=O)CSc2nnc(-c3sc4ccccc4c3Cl)o2)cc(OC)c1. The number of anilines is 1. The smallest absolute Gasteiger partial charge is 0.277 e. The minimum absolute atomic E-state index is 0.0985. The van der Waals surface area contributed by atoms with Gasteiger partial charge in [-0.1, -0.05) is 41.6 Å². The monoisotopic (exact) mass is 461 g/mol. The molecule has 0 fully saturated rings. The van der Waals surface area contributed by atoms with E-state index in [-0.39, 0.29) is 16.9 Å². The summed E-state index contributed by atoms with van der Waals surface area (Å²) in [6, 6.07) is 12.9. The van der Waals surface area contributed by atoms with E-state index in [1.165, 1.54) is 11.3 Å². The molecule has 0 radical (unpaired) electrons. The maximum Gasteiger partial charge on any atom is 0.277 e. The highest BCUT2D eigenvalue weighted by atomic mass is 35.5. The Labute approximate surface area is 185 Å². The number of nitrogens with one attached hydrogen (secondary N) is 1. The van der Waals surface area contributed by atoms with Gasteiger partial charge in [0.1, 0.15) is 16.4 Å². The lowest BCUT2D eigenvalue weighted by Crippen LogP contribution is -2.14. The zero-order valence-electron chi connectivity index (χ0n) is 16.0. The van der Waals surface area contributed by atoms with E-state index in [1.54, 1.807) is 32.4 Å². The normalized spacial score (nSPS) is 10.9. The van der Waals surface area contributed by atoms with Gasteiger partial charge in [0.15, 0.2) is 0 Å². The van der Waals surface area contributed by atoms with Crippen LogP contribution in [0.2, 0.25) is 5.02 Å². The van der Waals surface area contributed by atoms with Gasteiger partial charge in [0.05, 0.1) is 25.0 Å². The van der Waals surface area contributed by atoms with E-state index < -0.39 is 0 Å². The van der Waals surface area contributed by atoms with Gasteiger partial charge >= 0.3 is 0 Å². The number of thioether (sulfide) groups is 1. The minimum atomic E-state index is -0.227. The molecule has 0 saturated carbocycles. The fourth-order valence-electron chi connectivity index (χ4n) is 2.72. The van der Waals surface area contributed by atoms with Gasteiger partial charge in [-0.2, -0.15) is 0 Å². The summed E-state index contributed by atoms with van der Waals surface area (Å²) in [4.78, 5) is 13.0. The van der Waals surface area contributed by atoms with Crippen LogP contribution in [0.5, 0.6) is 11.5 Å². The van der Waals surface area contributed by atoms with Crippen LogP contribution in [0.1, 0.15) is 0 Å². The number of thiophene rings is 1. The molecule has 4 rings (SSSR count). The predicted octanol–water partition coefficient (Wildman–Crippen LogP) is 5.35. The van der Waals surface area contributed by atoms with Crippen LogP contribution in [0.15, 0.2) is 52.1 Å². The van der Waals surface area contributed by atoms with E-state index in [1.807, 2.05) is 24.3 Å². The van der Waals surface area contributed by atoms with E-state index >= 15 is 0 Å². The molecule has 0 aliphatic rings. The Kier molecular flexibility index (Phi) is 6.12. The molecule has 1 N–H and O–H groups in total. The molecule has 0 saturated heterocycles. The highest BCUT2D eigenvalue weighted by molar-refractivity contribution is 7.99. The van der Waals surface area contributed by atoms with Crippen LogP contribution in [0, 0.1) is 0 Å². The van der Waals surface area contributed by atoms with Crippen molar-refractivity contribution in [2.45, 2.75) is 5.22 Å². The molecule has 0 aliphatic carbocycles. The summed E-state index contributed by atoms with van der Waals surface area (Å²) >= 11 is 9.09. The zero-order valence-corrected chi connectivity index (χ0v) is 18.4. The van der Waals surface area contributed by atoms with Crippen molar-refractivity contribution in [1.29, 1.82) is 0 Å². The Hall–Kier alpha value is -2.75. The zero-order chi connectivity index (χ0) is 21.1. The van der Waals surface area contributed by atoms with Crippen LogP contribution in [0.25, 0.3) is 20.9 Å². The van der Waals surface area contributed by atoms with E-state index in [0.29, 0.717) is 33.0 Å². The maximum atomic E-state index is 12.3. The Balaban J connectivity index is 1.42. The average molecular weight is 462 g/mol. The number of methoxy groups -OCH3 is 2. The fourth-order valence-corrected chi connectivity index (χ4v) is 4.71. The van der Waals surface area contributed by atoms with Gasteiger partial charge in [0.2, 0.25) is 5.91 Å². The third-order valence-electron chi connectivity index (χ3n) is 4.10. The Morgan fingerprint density at radius 3 is 2.60 bits per heavy atom. The number of rotatable bonds is 7. The third kappa shape index (κ3) is 4.38. The van der Waals surface area contributed by atoms with Crippen molar-refractivity contribution in [3.8, 4) is 22.3 Å². The number of halogens is 1. The molecule has 0 unspecified atom stereocenters. The summed E-state index contributed by atoms with van der Waals surface area (Å²) in [6.07, 6.45) is 0. The molecule has 2 aromatic heterocycles. The third-order valence-corrected chi connectivity index (χ3v) is 6.58. The summed E-state index contributed by atoms with van der Waals surface area (Å²) < 4.78 is 17.1. The molecular weight excluding hydrogens is 446 g/mol. The Morgan fingerprint density at radius 1 is 1.17 bits per heavy atom. The van der Waals surface area contributed by atoms with Crippen molar-refractivity contribution in [1.82, 2.24) is 10.2 Å². The highest BCUT2D eigenvalue weighted by Crippen LogP contribution is 2.41. The number of amides is 1. The Morgan fingerprint density at radius 2 is 1.90 bits per heavy atom. The number of nitrogens with zero attached hydrogens (tertiary/aromatic N) is 2. The fraction of sp³-hybridized carbons (Fsp3) is 0.150. The van der Waals surface area contributed by atoms with Crippen molar-refractivity contribution in [2.24, 2.45) is 0 Å². The molecule has 0 atom stereocenters. The number of benzene rings is 2. The maximum absolute atomic E-state index is 12.3. The molecule has 10 heteroatoms. The summed E-state index contributed by atoms with van der Waals surface area (Å²) in [5.41, 5.74) is 0.570. The molecule has 2 aromatic carbocycles. The number of fused-ring (bicyclic) bond motifs is 1. The van der Waals surface area contributed by atoms with Crippen LogP contribution >= 0.6 is 34.7 Å². The number of carbonyl (C=O) groups excluding carboxylic acids is 1. The Bertz CT molecular complexity index is 1190. The average Bonchev–Trinajstić information content (AvgIpc) is 3.36. The van der Waals surface area contributed by atoms with Crippen molar-refractivity contribution in [2.75, 3.05) is 25.3 Å². The lowest BCUT2D eigenvalue weighted by molar-refractivity contribution is -0.113. The minimum Gasteiger partial charge on any atom is -0.497 e. The molecule has 7 nitrogen and oxygen atoms in total. The molecular formula is C20H16ClN3O4S2. The van der Waals surface area contributed by atoms with E-state index in [2.05, 4.69) is 15.5 Å². The van der Waals surface area contributed by atoms with Crippen molar-refractivity contribution < 1.29 is 18.7 Å². The van der Waals surface area contributed by atoms with Gasteiger partial charge in [-0.15, -0.1) is 21.5 Å².